The van der Waals surface area contributed by atoms with Gasteiger partial charge in [0.1, 0.15) is 0 Å². The van der Waals surface area contributed by atoms with Gasteiger partial charge in [0.15, 0.2) is 0 Å². The van der Waals surface area contributed by atoms with E-state index < -0.39 is 46.1 Å². The number of rotatable bonds is 9. The topological polar surface area (TPSA) is 208 Å². The summed E-state index contributed by atoms with van der Waals surface area (Å²) in [6.45, 7) is 0.0361. The van der Waals surface area contributed by atoms with Gasteiger partial charge in [-0.25, -0.2) is 4.79 Å². The Kier molecular flexibility index (Phi) is 23.0. The van der Waals surface area contributed by atoms with Crippen molar-refractivity contribution in [3.8, 4) is 0 Å². The smallest absolute Gasteiger partial charge is 0.810 e. The number of nitrogens with one attached hydrogen (secondary N) is 1. The monoisotopic (exact) mass is 494 g/mol. The van der Waals surface area contributed by atoms with Crippen molar-refractivity contribution in [1.82, 2.24) is 9.55 Å². The average molecular weight is 494 g/mol. The molecule has 12 nitrogen and oxygen atoms in total. The van der Waals surface area contributed by atoms with Crippen molar-refractivity contribution in [3.63, 3.8) is 0 Å². The Morgan fingerprint density at radius 3 is 1.93 bits per heavy atom. The number of aromatic amines is 1. The molecular weight excluding hydrogens is 481 g/mol. The Morgan fingerprint density at radius 1 is 0.964 bits per heavy atom. The summed E-state index contributed by atoms with van der Waals surface area (Å²) in [5.41, 5.74) is -1.30. The van der Waals surface area contributed by atoms with Crippen molar-refractivity contribution in [2.75, 3.05) is 12.1 Å². The summed E-state index contributed by atoms with van der Waals surface area (Å²) in [5.74, 6) is -1.59. The Bertz CT molecular complexity index is 806. The maximum atomic E-state index is 12.1. The van der Waals surface area contributed by atoms with E-state index in [1.54, 1.807) is 0 Å². The number of H-pyrrole nitrogens is 1. The Labute approximate surface area is 249 Å². The van der Waals surface area contributed by atoms with Gasteiger partial charge in [0.2, 0.25) is 7.37 Å². The molecule has 0 aliphatic carbocycles. The van der Waals surface area contributed by atoms with Crippen LogP contribution in [0, 0.1) is 0 Å². The van der Waals surface area contributed by atoms with Gasteiger partial charge in [0.25, 0.3) is 5.56 Å². The quantitative estimate of drug-likeness (QED) is 0.195. The van der Waals surface area contributed by atoms with Crippen LogP contribution in [0.4, 0.5) is 0 Å². The molecule has 138 valence electrons. The van der Waals surface area contributed by atoms with Gasteiger partial charge in [0.05, 0.1) is 13.7 Å². The van der Waals surface area contributed by atoms with Gasteiger partial charge < -0.3 is 33.3 Å². The van der Waals surface area contributed by atoms with Crippen LogP contribution in [0.25, 0.3) is 0 Å². The van der Waals surface area contributed by atoms with E-state index in [0.717, 1.165) is 10.6 Å². The van der Waals surface area contributed by atoms with E-state index in [1.165, 1.54) is 6.20 Å². The molecule has 0 radical (unpaired) electrons. The Balaban J connectivity index is -0.000000720. The first kappa shape index (κ1) is 38.4. The number of unbranched alkanes of at least 4 members (excludes halogenated alkanes) is 1. The zero-order valence-electron chi connectivity index (χ0n) is 16.1. The average Bonchev–Trinajstić information content (AvgIpc) is 2.31. The van der Waals surface area contributed by atoms with Crippen LogP contribution in [0.1, 0.15) is 12.8 Å². The van der Waals surface area contributed by atoms with Gasteiger partial charge in [-0.2, -0.15) is 0 Å². The van der Waals surface area contributed by atoms with Gasteiger partial charge >= 0.3 is 124 Å². The molecule has 19 heteroatoms. The minimum absolute atomic E-state index is 0. The third-order valence-corrected chi connectivity index (χ3v) is 8.78. The summed E-state index contributed by atoms with van der Waals surface area (Å²) in [6, 6.07) is 1.09. The molecule has 0 fully saturated rings. The number of aryl methyl sites for hydroxylation is 1. The van der Waals surface area contributed by atoms with Crippen LogP contribution in [0.2, 0.25) is 0 Å². The molecule has 1 aromatic heterocycles. The van der Waals surface area contributed by atoms with Crippen LogP contribution in [-0.4, -0.2) is 21.6 Å². The molecule has 0 aliphatic heterocycles. The molecular formula is C9H13N2Na4O10P3. The van der Waals surface area contributed by atoms with E-state index >= 15 is 0 Å². The van der Waals surface area contributed by atoms with Gasteiger partial charge in [0, 0.05) is 25.0 Å². The van der Waals surface area contributed by atoms with Crippen molar-refractivity contribution in [3.05, 3.63) is 33.1 Å². The van der Waals surface area contributed by atoms with E-state index in [1.807, 2.05) is 4.98 Å². The molecule has 1 heterocycles. The number of hydrogen-bond donors (Lipinski definition) is 1. The maximum Gasteiger partial charge on any atom is 1.00 e. The van der Waals surface area contributed by atoms with Gasteiger partial charge in [-0.3, -0.25) is 18.7 Å². The zero-order valence-corrected chi connectivity index (χ0v) is 26.7. The SMILES string of the molecule is O=c1ccn(CCCCP(=O)(CP(=O)([O-])[O-])OP(=O)([O-])[O-])c(=O)[nH]1.[Na+].[Na+].[Na+].[Na+]. The van der Waals surface area contributed by atoms with Crippen LogP contribution in [-0.2, 0) is 24.6 Å². The minimum Gasteiger partial charge on any atom is -0.810 e. The van der Waals surface area contributed by atoms with Gasteiger partial charge in [-0.15, -0.1) is 0 Å². The van der Waals surface area contributed by atoms with Crippen LogP contribution < -0.4 is 149 Å². The molecule has 0 aromatic carbocycles. The number of hydrogen-bond acceptors (Lipinski definition) is 10. The first-order chi connectivity index (χ1) is 10.8. The van der Waals surface area contributed by atoms with E-state index in [2.05, 4.69) is 4.31 Å². The Hall–Kier alpha value is 3.17. The van der Waals surface area contributed by atoms with Crippen LogP contribution in [0.3, 0.4) is 0 Å². The molecule has 0 saturated carbocycles. The summed E-state index contributed by atoms with van der Waals surface area (Å²) in [6.07, 6.45) is 0.574. The van der Waals surface area contributed by atoms with Gasteiger partial charge in [-0.1, -0.05) is 7.60 Å². The van der Waals surface area contributed by atoms with Crippen LogP contribution >= 0.6 is 22.8 Å². The minimum atomic E-state index is -5.75. The largest absolute Gasteiger partial charge is 1.00 e. The van der Waals surface area contributed by atoms with E-state index in [-0.39, 0.29) is 138 Å². The molecule has 0 aliphatic rings. The van der Waals surface area contributed by atoms with E-state index in [0.29, 0.717) is 0 Å². The summed E-state index contributed by atoms with van der Waals surface area (Å²) in [4.78, 5) is 66.8. The molecule has 1 atom stereocenters. The van der Waals surface area contributed by atoms with Crippen molar-refractivity contribution >= 4 is 22.8 Å². The van der Waals surface area contributed by atoms with Crippen molar-refractivity contribution in [2.24, 2.45) is 0 Å². The summed E-state index contributed by atoms with van der Waals surface area (Å²) in [5, 5.41) is 0. The molecule has 0 saturated heterocycles. The second-order valence-electron chi connectivity index (χ2n) is 4.83. The molecule has 1 N–H and O–H groups in total. The molecule has 1 rings (SSSR count). The maximum absolute atomic E-state index is 12.1. The van der Waals surface area contributed by atoms with Crippen molar-refractivity contribution < 1.29 is 156 Å². The van der Waals surface area contributed by atoms with E-state index in [9.17, 15) is 42.9 Å². The molecule has 0 spiro atoms. The molecule has 0 amide bonds. The fourth-order valence-electron chi connectivity index (χ4n) is 1.84. The summed E-state index contributed by atoms with van der Waals surface area (Å²) < 4.78 is 38.3. The van der Waals surface area contributed by atoms with Crippen molar-refractivity contribution in [1.29, 1.82) is 0 Å². The molecule has 1 unspecified atom stereocenters. The molecule has 0 bridgehead atoms. The predicted molar refractivity (Wildman–Crippen MR) is 74.2 cm³/mol. The van der Waals surface area contributed by atoms with Crippen molar-refractivity contribution in [2.45, 2.75) is 19.4 Å². The summed E-state index contributed by atoms with van der Waals surface area (Å²) >= 11 is 0. The number of aromatic nitrogens is 2. The van der Waals surface area contributed by atoms with Gasteiger partial charge in [-0.05, 0) is 12.8 Å². The third kappa shape index (κ3) is 17.7. The predicted octanol–water partition coefficient (Wildman–Crippen LogP) is -14.7. The fourth-order valence-corrected chi connectivity index (χ4v) is 7.68. The molecule has 1 aromatic rings. The standard InChI is InChI=1S/C9H17N2O10P3.4Na/c12-8-3-5-11(9(13)10-8)4-1-2-6-22(14,7-23(15,16)17)21-24(18,19)20;;;;/h3,5H,1-2,4,6-7H2,(H,10,12,13)(H2,15,16,17)(H2,18,19,20);;;;/q;4*+1/p-4. The number of phosphoric acid groups is 1. The second kappa shape index (κ2) is 16.7. The number of nitrogens with zero attached hydrogens (tertiary/aromatic N) is 1. The fraction of sp³-hybridized carbons (Fsp3) is 0.556. The normalized spacial score (nSPS) is 13.0. The second-order valence-corrected chi connectivity index (χ2v) is 10.8. The zero-order chi connectivity index (χ0) is 18.6. The van der Waals surface area contributed by atoms with Crippen LogP contribution in [0.15, 0.2) is 21.9 Å². The molecule has 28 heavy (non-hydrogen) atoms. The first-order valence-electron chi connectivity index (χ1n) is 6.42. The first-order valence-corrected chi connectivity index (χ1v) is 11.6. The van der Waals surface area contributed by atoms with E-state index in [4.69, 9.17) is 0 Å². The summed E-state index contributed by atoms with van der Waals surface area (Å²) in [7, 11) is -15.7. The van der Waals surface area contributed by atoms with Crippen LogP contribution in [0.5, 0.6) is 0 Å². The Morgan fingerprint density at radius 2 is 1.50 bits per heavy atom. The third-order valence-electron chi connectivity index (χ3n) is 2.68.